The van der Waals surface area contributed by atoms with Crippen molar-refractivity contribution < 1.29 is 37.8 Å². The van der Waals surface area contributed by atoms with E-state index in [1.54, 1.807) is 30.3 Å². The molecule has 1 saturated carbocycles. The highest BCUT2D eigenvalue weighted by molar-refractivity contribution is 6.31. The normalized spacial score (nSPS) is 30.6. The van der Waals surface area contributed by atoms with Gasteiger partial charge in [-0.3, -0.25) is 19.7 Å². The van der Waals surface area contributed by atoms with Gasteiger partial charge in [-0.2, -0.15) is 0 Å². The summed E-state index contributed by atoms with van der Waals surface area (Å²) in [4.78, 5) is 56.5. The fraction of sp³-hybridized carbons (Fsp3) is 0.556. The highest BCUT2D eigenvalue weighted by Crippen LogP contribution is 2.47. The molecule has 3 fully saturated rings. The number of benzene rings is 2. The quantitative estimate of drug-likeness (QED) is 0.277. The average Bonchev–Trinajstić information content (AvgIpc) is 3.67. The number of methoxy groups -OCH3 is 2. The SMILES string of the molecule is COC(=O)[C@H]1C[C@@H](C(=O)N2[C@H](C(=O)OC)C[C@H](C(=O)O[C@@H]3C[C@H](C)CC[C@H]3C(C)C)[C@@H]2c2ccccc2F)[C@@H](c2ccccc2Cl)N1. The topological polar surface area (TPSA) is 111 Å². The Morgan fingerprint density at radius 3 is 2.17 bits per heavy atom. The molecule has 2 aromatic carbocycles. The van der Waals surface area contributed by atoms with Crippen molar-refractivity contribution in [3.05, 3.63) is 70.5 Å². The summed E-state index contributed by atoms with van der Waals surface area (Å²) in [5.74, 6) is -4.18. The number of esters is 3. The number of hydrogen-bond donors (Lipinski definition) is 1. The molecule has 2 aromatic rings. The molecule has 1 N–H and O–H groups in total. The van der Waals surface area contributed by atoms with Gasteiger partial charge in [0.2, 0.25) is 5.91 Å². The maximum atomic E-state index is 15.7. The Labute approximate surface area is 280 Å². The summed E-state index contributed by atoms with van der Waals surface area (Å²) in [7, 11) is 2.47. The van der Waals surface area contributed by atoms with Gasteiger partial charge in [-0.1, -0.05) is 75.2 Å². The number of hydrogen-bond acceptors (Lipinski definition) is 8. The lowest BCUT2D eigenvalue weighted by Crippen LogP contribution is -2.46. The minimum absolute atomic E-state index is 0.0287. The van der Waals surface area contributed by atoms with Crippen molar-refractivity contribution in [3.8, 4) is 0 Å². The van der Waals surface area contributed by atoms with Crippen molar-refractivity contribution in [2.75, 3.05) is 14.2 Å². The van der Waals surface area contributed by atoms with E-state index in [2.05, 4.69) is 26.1 Å². The van der Waals surface area contributed by atoms with E-state index in [1.165, 1.54) is 37.3 Å². The van der Waals surface area contributed by atoms with Crippen LogP contribution in [0.3, 0.4) is 0 Å². The standard InChI is InChI=1S/C36H44ClFN2O7/c1-19(2)21-15-14-20(3)16-30(21)47-34(42)25-18-29(36(44)46-5)40(32(25)23-11-7-9-13-27(23)38)33(41)24-17-28(35(43)45-4)39-31(24)22-10-6-8-12-26(22)37/h6-13,19-21,24-25,28-32,39H,14-18H2,1-5H3/t20-,21+,24-,25+,28-,29+,30-,31-,32+/m1/s1. The smallest absolute Gasteiger partial charge is 0.328 e. The third-order valence-electron chi connectivity index (χ3n) is 10.3. The predicted octanol–water partition coefficient (Wildman–Crippen LogP) is 5.81. The second kappa shape index (κ2) is 14.7. The molecule has 2 aliphatic heterocycles. The number of carbonyl (C=O) groups excluding carboxylic acids is 4. The molecule has 1 aliphatic carbocycles. The Morgan fingerprint density at radius 2 is 1.53 bits per heavy atom. The molecule has 9 atom stereocenters. The van der Waals surface area contributed by atoms with E-state index in [4.69, 9.17) is 25.8 Å². The van der Waals surface area contributed by atoms with E-state index >= 15 is 4.39 Å². The molecule has 9 nitrogen and oxygen atoms in total. The van der Waals surface area contributed by atoms with Crippen LogP contribution < -0.4 is 5.32 Å². The maximum absolute atomic E-state index is 15.7. The van der Waals surface area contributed by atoms with Gasteiger partial charge in [0.15, 0.2) is 0 Å². The van der Waals surface area contributed by atoms with Crippen LogP contribution in [0.1, 0.15) is 76.1 Å². The van der Waals surface area contributed by atoms with Gasteiger partial charge in [0.05, 0.1) is 32.1 Å². The number of halogens is 2. The maximum Gasteiger partial charge on any atom is 0.328 e. The monoisotopic (exact) mass is 670 g/mol. The van der Waals surface area contributed by atoms with Gasteiger partial charge in [0.1, 0.15) is 24.0 Å². The van der Waals surface area contributed by atoms with Gasteiger partial charge in [-0.25, -0.2) is 9.18 Å². The first-order valence-electron chi connectivity index (χ1n) is 16.4. The van der Waals surface area contributed by atoms with Crippen molar-refractivity contribution in [2.45, 2.75) is 83.1 Å². The summed E-state index contributed by atoms with van der Waals surface area (Å²) >= 11 is 6.58. The second-order valence-electron chi connectivity index (χ2n) is 13.5. The Kier molecular flexibility index (Phi) is 10.9. The third kappa shape index (κ3) is 7.04. The van der Waals surface area contributed by atoms with E-state index in [-0.39, 0.29) is 36.3 Å². The Balaban J connectivity index is 1.57. The Morgan fingerprint density at radius 1 is 0.872 bits per heavy atom. The van der Waals surface area contributed by atoms with E-state index in [9.17, 15) is 19.2 Å². The molecule has 0 unspecified atom stereocenters. The summed E-state index contributed by atoms with van der Waals surface area (Å²) < 4.78 is 32.1. The average molecular weight is 671 g/mol. The Hall–Kier alpha value is -3.50. The number of likely N-dealkylation sites (tertiary alicyclic amines) is 1. The highest BCUT2D eigenvalue weighted by atomic mass is 35.5. The molecular formula is C36H44ClFN2O7. The summed E-state index contributed by atoms with van der Waals surface area (Å²) in [6, 6.07) is 8.96. The number of ether oxygens (including phenoxy) is 3. The first kappa shape index (κ1) is 34.8. The zero-order valence-corrected chi connectivity index (χ0v) is 28.2. The number of carbonyl (C=O) groups is 4. The first-order chi connectivity index (χ1) is 22.5. The van der Waals surface area contributed by atoms with Crippen LogP contribution in [0.4, 0.5) is 4.39 Å². The second-order valence-corrected chi connectivity index (χ2v) is 13.9. The molecule has 2 heterocycles. The zero-order valence-electron chi connectivity index (χ0n) is 27.5. The summed E-state index contributed by atoms with van der Waals surface area (Å²) in [5, 5.41) is 3.58. The summed E-state index contributed by atoms with van der Waals surface area (Å²) in [5.41, 5.74) is 0.675. The van der Waals surface area contributed by atoms with Crippen molar-refractivity contribution in [3.63, 3.8) is 0 Å². The third-order valence-corrected chi connectivity index (χ3v) is 10.6. The van der Waals surface area contributed by atoms with Gasteiger partial charge >= 0.3 is 17.9 Å². The molecular weight excluding hydrogens is 627 g/mol. The fourth-order valence-corrected chi connectivity index (χ4v) is 8.12. The largest absolute Gasteiger partial charge is 0.468 e. The van der Waals surface area contributed by atoms with Gasteiger partial charge in [0.25, 0.3) is 0 Å². The molecule has 0 radical (unpaired) electrons. The lowest BCUT2D eigenvalue weighted by atomic mass is 9.75. The fourth-order valence-electron chi connectivity index (χ4n) is 7.87. The van der Waals surface area contributed by atoms with Gasteiger partial charge < -0.3 is 19.1 Å². The molecule has 47 heavy (non-hydrogen) atoms. The molecule has 0 spiro atoms. The van der Waals surface area contributed by atoms with Crippen molar-refractivity contribution in [1.29, 1.82) is 0 Å². The molecule has 11 heteroatoms. The van der Waals surface area contributed by atoms with Crippen LogP contribution in [0, 0.1) is 35.4 Å². The lowest BCUT2D eigenvalue weighted by molar-refractivity contribution is -0.162. The summed E-state index contributed by atoms with van der Waals surface area (Å²) in [6.07, 6.45) is 2.25. The van der Waals surface area contributed by atoms with Gasteiger partial charge in [-0.05, 0) is 61.1 Å². The van der Waals surface area contributed by atoms with Crippen LogP contribution in [0.25, 0.3) is 0 Å². The molecule has 254 valence electrons. The molecule has 3 aliphatic rings. The number of rotatable bonds is 8. The molecule has 1 amide bonds. The van der Waals surface area contributed by atoms with Crippen LogP contribution in [-0.2, 0) is 33.4 Å². The van der Waals surface area contributed by atoms with Crippen LogP contribution in [0.15, 0.2) is 48.5 Å². The highest BCUT2D eigenvalue weighted by Gasteiger charge is 2.56. The van der Waals surface area contributed by atoms with Crippen molar-refractivity contribution in [1.82, 2.24) is 10.2 Å². The van der Waals surface area contributed by atoms with E-state index in [0.717, 1.165) is 12.8 Å². The van der Waals surface area contributed by atoms with E-state index in [1.807, 2.05) is 0 Å². The number of nitrogens with one attached hydrogen (secondary N) is 1. The Bertz CT molecular complexity index is 1490. The molecule has 0 aromatic heterocycles. The molecule has 5 rings (SSSR count). The lowest BCUT2D eigenvalue weighted by Gasteiger charge is -2.38. The van der Waals surface area contributed by atoms with Crippen molar-refractivity contribution >= 4 is 35.4 Å². The summed E-state index contributed by atoms with van der Waals surface area (Å²) in [6.45, 7) is 6.36. The molecule has 2 saturated heterocycles. The predicted molar refractivity (Wildman–Crippen MR) is 172 cm³/mol. The van der Waals surface area contributed by atoms with Crippen LogP contribution in [0.5, 0.6) is 0 Å². The zero-order chi connectivity index (χ0) is 34.0. The molecule has 0 bridgehead atoms. The van der Waals surface area contributed by atoms with Crippen LogP contribution >= 0.6 is 11.6 Å². The van der Waals surface area contributed by atoms with Crippen molar-refractivity contribution in [2.24, 2.45) is 29.6 Å². The first-order valence-corrected chi connectivity index (χ1v) is 16.8. The van der Waals surface area contributed by atoms with E-state index in [0.29, 0.717) is 22.9 Å². The van der Waals surface area contributed by atoms with Gasteiger partial charge in [-0.15, -0.1) is 0 Å². The van der Waals surface area contributed by atoms with Crippen LogP contribution in [-0.4, -0.2) is 61.1 Å². The minimum atomic E-state index is -1.20. The number of amides is 1. The number of nitrogens with zero attached hydrogens (tertiary/aromatic N) is 1. The van der Waals surface area contributed by atoms with E-state index < -0.39 is 65.6 Å². The van der Waals surface area contributed by atoms with Gasteiger partial charge in [0, 0.05) is 16.6 Å². The minimum Gasteiger partial charge on any atom is -0.468 e. The van der Waals surface area contributed by atoms with Crippen LogP contribution in [0.2, 0.25) is 5.02 Å².